The molecule has 0 aliphatic heterocycles. The fourth-order valence-corrected chi connectivity index (χ4v) is 2.58. The van der Waals surface area contributed by atoms with Gasteiger partial charge in [0.25, 0.3) is 0 Å². The average molecular weight is 318 g/mol. The molecule has 0 spiro atoms. The second-order valence-corrected chi connectivity index (χ2v) is 5.20. The molecule has 0 amide bonds. The number of nitrogens with zero attached hydrogens (tertiary/aromatic N) is 2. The molecule has 0 bridgehead atoms. The van der Waals surface area contributed by atoms with E-state index in [1.807, 2.05) is 6.92 Å². The molecule has 20 heavy (non-hydrogen) atoms. The number of halogens is 3. The topological polar surface area (TPSA) is 51.0 Å². The predicted molar refractivity (Wildman–Crippen MR) is 75.6 cm³/mol. The lowest BCUT2D eigenvalue weighted by Crippen LogP contribution is -2.22. The second kappa shape index (κ2) is 6.52. The van der Waals surface area contributed by atoms with Crippen LogP contribution in [-0.4, -0.2) is 16.7 Å². The first-order chi connectivity index (χ1) is 9.49. The zero-order valence-electron chi connectivity index (χ0n) is 11.1. The van der Waals surface area contributed by atoms with E-state index < -0.39 is 5.82 Å². The largest absolute Gasteiger partial charge is 0.340 e. The summed E-state index contributed by atoms with van der Waals surface area (Å²) in [4.78, 5) is 4.10. The summed E-state index contributed by atoms with van der Waals surface area (Å²) in [6, 6.07) is 2.57. The monoisotopic (exact) mass is 317 g/mol. The first kappa shape index (κ1) is 15.2. The third kappa shape index (κ3) is 3.48. The lowest BCUT2D eigenvalue weighted by atomic mass is 10.1. The van der Waals surface area contributed by atoms with Crippen LogP contribution in [0.1, 0.15) is 30.2 Å². The number of hydrogen-bond donors (Lipinski definition) is 1. The zero-order chi connectivity index (χ0) is 14.7. The SMILES string of the molecule is Cc1nc(CCNC(C)c2c(Cl)ccc(F)c2Cl)no1. The molecule has 0 saturated carbocycles. The van der Waals surface area contributed by atoms with Crippen LogP contribution in [0, 0.1) is 12.7 Å². The highest BCUT2D eigenvalue weighted by molar-refractivity contribution is 6.36. The highest BCUT2D eigenvalue weighted by Gasteiger charge is 2.16. The van der Waals surface area contributed by atoms with Crippen molar-refractivity contribution in [1.82, 2.24) is 15.5 Å². The van der Waals surface area contributed by atoms with E-state index in [4.69, 9.17) is 27.7 Å². The standard InChI is InChI=1S/C13H14Cl2FN3O/c1-7(12-9(14)3-4-10(16)13(12)15)17-6-5-11-18-8(2)20-19-11/h3-4,7,17H,5-6H2,1-2H3. The summed E-state index contributed by atoms with van der Waals surface area (Å²) in [5.41, 5.74) is 0.553. The lowest BCUT2D eigenvalue weighted by molar-refractivity contribution is 0.386. The van der Waals surface area contributed by atoms with Crippen LogP contribution in [-0.2, 0) is 6.42 Å². The third-order valence-corrected chi connectivity index (χ3v) is 3.59. The van der Waals surface area contributed by atoms with Gasteiger partial charge in [0, 0.05) is 36.5 Å². The van der Waals surface area contributed by atoms with E-state index in [9.17, 15) is 4.39 Å². The number of rotatable bonds is 5. The van der Waals surface area contributed by atoms with Crippen LogP contribution in [0.2, 0.25) is 10.0 Å². The van der Waals surface area contributed by atoms with Crippen molar-refractivity contribution in [1.29, 1.82) is 0 Å². The van der Waals surface area contributed by atoms with E-state index >= 15 is 0 Å². The summed E-state index contributed by atoms with van der Waals surface area (Å²) >= 11 is 12.0. The van der Waals surface area contributed by atoms with Crippen LogP contribution in [0.4, 0.5) is 4.39 Å². The van der Waals surface area contributed by atoms with Crippen LogP contribution in [0.3, 0.4) is 0 Å². The molecule has 1 aromatic heterocycles. The minimum Gasteiger partial charge on any atom is -0.340 e. The molecule has 1 N–H and O–H groups in total. The van der Waals surface area contributed by atoms with Crippen molar-refractivity contribution < 1.29 is 8.91 Å². The molecule has 0 radical (unpaired) electrons. The van der Waals surface area contributed by atoms with E-state index in [-0.39, 0.29) is 11.1 Å². The van der Waals surface area contributed by atoms with Gasteiger partial charge < -0.3 is 9.84 Å². The molecule has 1 unspecified atom stereocenters. The molecule has 1 atom stereocenters. The van der Waals surface area contributed by atoms with Gasteiger partial charge >= 0.3 is 0 Å². The van der Waals surface area contributed by atoms with Gasteiger partial charge in [-0.05, 0) is 19.1 Å². The number of nitrogens with one attached hydrogen (secondary N) is 1. The number of benzene rings is 1. The second-order valence-electron chi connectivity index (χ2n) is 4.41. The van der Waals surface area contributed by atoms with Gasteiger partial charge in [-0.3, -0.25) is 0 Å². The molecule has 1 heterocycles. The van der Waals surface area contributed by atoms with Crippen molar-refractivity contribution in [2.45, 2.75) is 26.3 Å². The number of aromatic nitrogens is 2. The van der Waals surface area contributed by atoms with Crippen molar-refractivity contribution in [3.05, 3.63) is 45.3 Å². The molecule has 4 nitrogen and oxygen atoms in total. The highest BCUT2D eigenvalue weighted by Crippen LogP contribution is 2.32. The number of aryl methyl sites for hydroxylation is 1. The van der Waals surface area contributed by atoms with Crippen molar-refractivity contribution >= 4 is 23.2 Å². The predicted octanol–water partition coefficient (Wildman–Crippen LogP) is 3.72. The molecular formula is C13H14Cl2FN3O. The Hall–Kier alpha value is -1.17. The molecule has 7 heteroatoms. The Morgan fingerprint density at radius 1 is 1.40 bits per heavy atom. The van der Waals surface area contributed by atoms with Crippen molar-refractivity contribution in [2.24, 2.45) is 0 Å². The first-order valence-electron chi connectivity index (χ1n) is 6.15. The van der Waals surface area contributed by atoms with Gasteiger partial charge in [0.05, 0.1) is 5.02 Å². The molecule has 0 aliphatic rings. The van der Waals surface area contributed by atoms with Gasteiger partial charge in [0.1, 0.15) is 5.82 Å². The van der Waals surface area contributed by atoms with Crippen molar-refractivity contribution in [3.63, 3.8) is 0 Å². The Morgan fingerprint density at radius 3 is 2.80 bits per heavy atom. The van der Waals surface area contributed by atoms with Crippen LogP contribution in [0.25, 0.3) is 0 Å². The van der Waals surface area contributed by atoms with Gasteiger partial charge in [0.2, 0.25) is 5.89 Å². The van der Waals surface area contributed by atoms with Crippen LogP contribution in [0.15, 0.2) is 16.7 Å². The first-order valence-corrected chi connectivity index (χ1v) is 6.90. The molecule has 2 rings (SSSR count). The fourth-order valence-electron chi connectivity index (χ4n) is 1.89. The molecule has 1 aromatic carbocycles. The number of hydrogen-bond acceptors (Lipinski definition) is 4. The minimum atomic E-state index is -0.478. The quantitative estimate of drug-likeness (QED) is 0.854. The molecule has 0 aliphatic carbocycles. The van der Waals surface area contributed by atoms with Gasteiger partial charge in [-0.15, -0.1) is 0 Å². The summed E-state index contributed by atoms with van der Waals surface area (Å²) in [7, 11) is 0. The Labute approximate surface area is 126 Å². The normalized spacial score (nSPS) is 12.7. The van der Waals surface area contributed by atoms with E-state index in [1.54, 1.807) is 6.92 Å². The average Bonchev–Trinajstić information content (AvgIpc) is 2.80. The minimum absolute atomic E-state index is 0.0490. The lowest BCUT2D eigenvalue weighted by Gasteiger charge is -2.17. The summed E-state index contributed by atoms with van der Waals surface area (Å²) < 4.78 is 18.3. The van der Waals surface area contributed by atoms with E-state index in [0.717, 1.165) is 0 Å². The Kier molecular flexibility index (Phi) is 4.96. The van der Waals surface area contributed by atoms with Gasteiger partial charge in [-0.2, -0.15) is 4.98 Å². The fraction of sp³-hybridized carbons (Fsp3) is 0.385. The molecule has 2 aromatic rings. The summed E-state index contributed by atoms with van der Waals surface area (Å²) in [5.74, 6) is 0.677. The third-order valence-electron chi connectivity index (χ3n) is 2.88. The molecule has 0 fully saturated rings. The zero-order valence-corrected chi connectivity index (χ0v) is 12.6. The molecular weight excluding hydrogens is 304 g/mol. The Balaban J connectivity index is 1.98. The van der Waals surface area contributed by atoms with E-state index in [2.05, 4.69) is 15.5 Å². The highest BCUT2D eigenvalue weighted by atomic mass is 35.5. The van der Waals surface area contributed by atoms with Crippen LogP contribution in [0.5, 0.6) is 0 Å². The summed E-state index contributed by atoms with van der Waals surface area (Å²) in [5, 5.41) is 7.49. The molecule has 0 saturated heterocycles. The van der Waals surface area contributed by atoms with Gasteiger partial charge in [-0.25, -0.2) is 4.39 Å². The maximum atomic E-state index is 13.5. The summed E-state index contributed by atoms with van der Waals surface area (Å²) in [6.07, 6.45) is 0.603. The maximum absolute atomic E-state index is 13.5. The Bertz CT molecular complexity index is 603. The van der Waals surface area contributed by atoms with E-state index in [1.165, 1.54) is 12.1 Å². The molecule has 108 valence electrons. The van der Waals surface area contributed by atoms with Crippen molar-refractivity contribution in [2.75, 3.05) is 6.54 Å². The van der Waals surface area contributed by atoms with Crippen molar-refractivity contribution in [3.8, 4) is 0 Å². The summed E-state index contributed by atoms with van der Waals surface area (Å²) in [6.45, 7) is 4.20. The van der Waals surface area contributed by atoms with E-state index in [0.29, 0.717) is 35.3 Å². The van der Waals surface area contributed by atoms with Crippen LogP contribution >= 0.6 is 23.2 Å². The van der Waals surface area contributed by atoms with Gasteiger partial charge in [0.15, 0.2) is 5.82 Å². The van der Waals surface area contributed by atoms with Crippen LogP contribution < -0.4 is 5.32 Å². The Morgan fingerprint density at radius 2 is 2.15 bits per heavy atom. The van der Waals surface area contributed by atoms with Gasteiger partial charge in [-0.1, -0.05) is 28.4 Å². The smallest absolute Gasteiger partial charge is 0.223 e. The maximum Gasteiger partial charge on any atom is 0.223 e.